The van der Waals surface area contributed by atoms with Crippen LogP contribution in [0.3, 0.4) is 0 Å². The van der Waals surface area contributed by atoms with E-state index in [1.54, 1.807) is 32.3 Å². The minimum Gasteiger partial charge on any atom is -0.494 e. The molecule has 12 rings (SSSR count). The highest BCUT2D eigenvalue weighted by Crippen LogP contribution is 2.39. The molecule has 4 N–H and O–H groups in total. The van der Waals surface area contributed by atoms with Crippen molar-refractivity contribution in [2.75, 3.05) is 56.7 Å². The highest BCUT2D eigenvalue weighted by atomic mass is 32.2. The van der Waals surface area contributed by atoms with Crippen LogP contribution in [-0.2, 0) is 49.5 Å². The fraction of sp³-hybridized carbons (Fsp3) is 0.216. The number of para-hydroxylation sites is 3. The van der Waals surface area contributed by atoms with E-state index in [0.29, 0.717) is 68.3 Å². The van der Waals surface area contributed by atoms with E-state index in [9.17, 15) is 39.6 Å². The second-order valence-electron chi connectivity index (χ2n) is 23.6. The number of rotatable bonds is 27. The normalized spacial score (nSPS) is 14.9. The van der Waals surface area contributed by atoms with Gasteiger partial charge >= 0.3 is 0 Å². The summed E-state index contributed by atoms with van der Waals surface area (Å²) in [6.07, 6.45) is 13.3. The Hall–Kier alpha value is -9.50. The molecule has 0 aliphatic carbocycles. The summed E-state index contributed by atoms with van der Waals surface area (Å²) in [4.78, 5) is 52.5. The van der Waals surface area contributed by atoms with Gasteiger partial charge in [-0.15, -0.1) is 0 Å². The second-order valence-corrected chi connectivity index (χ2v) is 33.4. The molecule has 6 heterocycles. The lowest BCUT2D eigenvalue weighted by Gasteiger charge is -2.12. The summed E-state index contributed by atoms with van der Waals surface area (Å²) in [5.41, 5.74) is 9.05. The van der Waals surface area contributed by atoms with Gasteiger partial charge in [0, 0.05) is 78.5 Å². The van der Waals surface area contributed by atoms with Gasteiger partial charge in [0.25, 0.3) is 54.0 Å². The number of hydrogen-bond donors (Lipinski definition) is 4. The molecule has 35 heteroatoms. The molecule has 3 aromatic heterocycles. The van der Waals surface area contributed by atoms with E-state index in [1.807, 2.05) is 203 Å². The van der Waals surface area contributed by atoms with Crippen molar-refractivity contribution in [2.45, 2.75) is 47.0 Å². The quantitative estimate of drug-likeness (QED) is 0.0211. The maximum atomic E-state index is 13.0. The van der Waals surface area contributed by atoms with E-state index in [1.165, 1.54) is 14.7 Å². The maximum absolute atomic E-state index is 13.0. The van der Waals surface area contributed by atoms with Crippen LogP contribution in [0.15, 0.2) is 197 Å². The fourth-order valence-corrected chi connectivity index (χ4v) is 15.4. The van der Waals surface area contributed by atoms with E-state index in [4.69, 9.17) is 89.7 Å². The molecule has 0 spiro atoms. The average Bonchev–Trinajstić information content (AvgIpc) is 1.66. The Bertz CT molecular complexity index is 4780. The Kier molecular flexibility index (Phi) is 29.7. The molecular formula is C74H73N9O17S9. The summed E-state index contributed by atoms with van der Waals surface area (Å²) >= 11 is 19.1. The van der Waals surface area contributed by atoms with Crippen LogP contribution in [0, 0.1) is 0 Å². The van der Waals surface area contributed by atoms with Crippen molar-refractivity contribution < 1.29 is 77.4 Å². The number of thiocarbonyl (C=S) groups is 3. The van der Waals surface area contributed by atoms with Gasteiger partial charge in [0.05, 0.1) is 68.9 Å². The topological polar surface area (TPSA) is 342 Å². The van der Waals surface area contributed by atoms with Crippen molar-refractivity contribution in [3.63, 3.8) is 0 Å². The molecule has 6 aromatic carbocycles. The van der Waals surface area contributed by atoms with Crippen LogP contribution in [0.2, 0.25) is 0 Å². The average molecular weight is 1650 g/mol. The number of nitrogens with zero attached hydrogens (tertiary/aromatic N) is 9. The van der Waals surface area contributed by atoms with Gasteiger partial charge in [-0.25, -0.2) is 14.0 Å². The molecule has 0 atom stereocenters. The smallest absolute Gasteiger partial charge is 0.300 e. The third-order valence-corrected chi connectivity index (χ3v) is 21.5. The van der Waals surface area contributed by atoms with Gasteiger partial charge in [-0.1, -0.05) is 184 Å². The molecule has 0 radical (unpaired) electrons. The molecular weight excluding hydrogens is 1580 g/mol. The van der Waals surface area contributed by atoms with E-state index < -0.39 is 71.3 Å². The number of aromatic nitrogens is 6. The minimum atomic E-state index is -4.22. The van der Waals surface area contributed by atoms with Crippen molar-refractivity contribution >= 4 is 157 Å². The van der Waals surface area contributed by atoms with Crippen LogP contribution >= 0.6 is 71.9 Å². The summed E-state index contributed by atoms with van der Waals surface area (Å²) in [6.45, 7) is 8.35. The van der Waals surface area contributed by atoms with Gasteiger partial charge in [-0.2, -0.15) is 40.5 Å². The van der Waals surface area contributed by atoms with Gasteiger partial charge < -0.3 is 19.3 Å². The highest BCUT2D eigenvalue weighted by molar-refractivity contribution is 8.27. The second kappa shape index (κ2) is 38.7. The van der Waals surface area contributed by atoms with Gasteiger partial charge in [0.2, 0.25) is 0 Å². The van der Waals surface area contributed by atoms with E-state index in [2.05, 4.69) is 0 Å². The zero-order valence-electron chi connectivity index (χ0n) is 58.8. The van der Waals surface area contributed by atoms with E-state index >= 15 is 0 Å². The molecule has 570 valence electrons. The van der Waals surface area contributed by atoms with Gasteiger partial charge in [-0.3, -0.25) is 47.5 Å². The molecule has 0 unspecified atom stereocenters. The number of aliphatic carboxylic acids is 1. The standard InChI is InChI=1S/3C24H23N3O5S3.C2H4O2/c3*1-2-12-32-20-10-6-7-17(14-20)22-18(16-27(25-22)19-8-4-3-5-9-19)15-21-23(28)26(24(33)34-21)11-13-35(29,30)31;1-2(3)4/h3*3-10,14-16H,2,11-13H2,1H3,(H,29,30,31);1H3,(H,3,4)/b3*21-15-;. The first kappa shape index (κ1) is 83.5. The molecule has 3 fully saturated rings. The highest BCUT2D eigenvalue weighted by Gasteiger charge is 2.36. The summed E-state index contributed by atoms with van der Waals surface area (Å²) in [6, 6.07) is 51.6. The van der Waals surface area contributed by atoms with Crippen molar-refractivity contribution in [1.82, 2.24) is 44.0 Å². The Balaban J connectivity index is 0.000000184. The molecule has 3 aliphatic heterocycles. The maximum Gasteiger partial charge on any atom is 0.300 e. The SMILES string of the molecule is CC(=O)O.CCCOc1cccc(-c2nn(-c3ccccc3)cc2/C=C2\SC(=S)N(CCS(=O)(=O)O)C2=O)c1.CCCOc1cccc(-c2nn(-c3ccccc3)cc2/C=C2\SC(=S)N(CCS(=O)(=O)O)C2=O)c1.CCCOc1cccc(-c2nn(-c3ccccc3)cc2/C=C2\SC(=S)N(CCS(=O)(=O)O)C2=O)c1. The third-order valence-electron chi connectivity index (χ3n) is 15.2. The number of hydrogen-bond acceptors (Lipinski definition) is 22. The Labute approximate surface area is 659 Å². The van der Waals surface area contributed by atoms with Crippen LogP contribution < -0.4 is 14.2 Å². The van der Waals surface area contributed by atoms with Crippen LogP contribution in [0.25, 0.3) is 69.1 Å². The van der Waals surface area contributed by atoms with Gasteiger partial charge in [0.15, 0.2) is 0 Å². The third kappa shape index (κ3) is 24.2. The van der Waals surface area contributed by atoms with Crippen LogP contribution in [0.1, 0.15) is 63.6 Å². The summed E-state index contributed by atoms with van der Waals surface area (Å²) < 4.78 is 117. The number of thioether (sulfide) groups is 3. The Morgan fingerprint density at radius 3 is 0.899 bits per heavy atom. The lowest BCUT2D eigenvalue weighted by molar-refractivity contribution is -0.134. The van der Waals surface area contributed by atoms with E-state index in [0.717, 1.165) is 112 Å². The molecule has 3 saturated heterocycles. The summed E-state index contributed by atoms with van der Waals surface area (Å²) in [7, 11) is -12.7. The van der Waals surface area contributed by atoms with E-state index in [-0.39, 0.29) is 32.6 Å². The molecule has 0 saturated carbocycles. The van der Waals surface area contributed by atoms with Crippen LogP contribution in [0.4, 0.5) is 0 Å². The van der Waals surface area contributed by atoms with Crippen molar-refractivity contribution in [3.05, 3.63) is 214 Å². The predicted molar refractivity (Wildman–Crippen MR) is 437 cm³/mol. The largest absolute Gasteiger partial charge is 0.494 e. The fourth-order valence-electron chi connectivity index (χ4n) is 10.3. The zero-order chi connectivity index (χ0) is 78.6. The molecule has 0 bridgehead atoms. The number of amides is 3. The number of benzene rings is 6. The number of carboxylic acid groups (broad SMARTS) is 1. The lowest BCUT2D eigenvalue weighted by Crippen LogP contribution is -2.32. The van der Waals surface area contributed by atoms with Gasteiger partial charge in [0.1, 0.15) is 47.3 Å². The summed E-state index contributed by atoms with van der Waals surface area (Å²) in [5.74, 6) is -1.67. The molecule has 3 amide bonds. The Morgan fingerprint density at radius 1 is 0.422 bits per heavy atom. The number of carbonyl (C=O) groups is 4. The molecule has 9 aromatic rings. The number of ether oxygens (including phenoxy) is 3. The van der Waals surface area contributed by atoms with Crippen LogP contribution in [-0.4, -0.2) is 181 Å². The number of carbonyl (C=O) groups excluding carboxylic acids is 3. The lowest BCUT2D eigenvalue weighted by atomic mass is 10.1. The number of carboxylic acids is 1. The Morgan fingerprint density at radius 2 is 0.670 bits per heavy atom. The predicted octanol–water partition coefficient (Wildman–Crippen LogP) is 13.3. The monoisotopic (exact) mass is 1650 g/mol. The zero-order valence-corrected chi connectivity index (χ0v) is 66.2. The first-order valence-electron chi connectivity index (χ1n) is 33.4. The molecule has 26 nitrogen and oxygen atoms in total. The first-order chi connectivity index (χ1) is 52.0. The summed E-state index contributed by atoms with van der Waals surface area (Å²) in [5, 5.41) is 21.8. The minimum absolute atomic E-state index is 0.214. The van der Waals surface area contributed by atoms with Crippen LogP contribution in [0.5, 0.6) is 17.2 Å². The van der Waals surface area contributed by atoms with Crippen molar-refractivity contribution in [3.8, 4) is 68.1 Å². The van der Waals surface area contributed by atoms with Crippen molar-refractivity contribution in [2.24, 2.45) is 0 Å². The molecule has 3 aliphatic rings. The molecule has 109 heavy (non-hydrogen) atoms. The first-order valence-corrected chi connectivity index (χ1v) is 41.9. The van der Waals surface area contributed by atoms with Crippen molar-refractivity contribution in [1.29, 1.82) is 0 Å². The van der Waals surface area contributed by atoms with Gasteiger partial charge in [-0.05, 0) is 110 Å².